The van der Waals surface area contributed by atoms with Crippen molar-refractivity contribution >= 4 is 21.8 Å². The summed E-state index contributed by atoms with van der Waals surface area (Å²) >= 11 is 0. The summed E-state index contributed by atoms with van der Waals surface area (Å²) in [5.74, 6) is 0.629. The summed E-state index contributed by atoms with van der Waals surface area (Å²) in [4.78, 5) is 29.0. The Morgan fingerprint density at radius 1 is 1.21 bits per heavy atom. The Morgan fingerprint density at radius 3 is 2.59 bits per heavy atom. The lowest BCUT2D eigenvalue weighted by Gasteiger charge is -2.33. The average Bonchev–Trinajstić information content (AvgIpc) is 2.84. The van der Waals surface area contributed by atoms with Crippen molar-refractivity contribution in [1.82, 2.24) is 14.1 Å². The highest BCUT2D eigenvalue weighted by molar-refractivity contribution is 7.88. The molecule has 0 N–H and O–H groups in total. The fraction of sp³-hybridized carbons (Fsp3) is 0.600. The molecule has 29 heavy (non-hydrogen) atoms. The summed E-state index contributed by atoms with van der Waals surface area (Å²) in [5, 5.41) is 0. The van der Waals surface area contributed by atoms with Crippen LogP contribution in [0.25, 0.3) is 0 Å². The van der Waals surface area contributed by atoms with Gasteiger partial charge in [-0.1, -0.05) is 12.1 Å². The maximum Gasteiger partial charge on any atom is 0.227 e. The molecule has 2 fully saturated rings. The van der Waals surface area contributed by atoms with Crippen LogP contribution in [0.1, 0.15) is 18.9 Å². The van der Waals surface area contributed by atoms with Gasteiger partial charge in [-0.2, -0.15) is 4.31 Å². The van der Waals surface area contributed by atoms with E-state index in [1.165, 1.54) is 10.6 Å². The third-order valence-corrected chi connectivity index (χ3v) is 7.01. The maximum absolute atomic E-state index is 13.1. The Labute approximate surface area is 172 Å². The van der Waals surface area contributed by atoms with Crippen LogP contribution in [-0.2, 0) is 26.0 Å². The molecular formula is C20H29N3O5S. The predicted molar refractivity (Wildman–Crippen MR) is 109 cm³/mol. The molecule has 1 spiro atoms. The average molecular weight is 424 g/mol. The van der Waals surface area contributed by atoms with Crippen molar-refractivity contribution in [2.75, 3.05) is 52.6 Å². The standard InChI is InChI=1S/C20H29N3O5S/c1-4-21-13-20(12-19(21)25)14-22(8-9-23(15-20)29(3,26)27)18(24)11-16-6-5-7-17(10-16)28-2/h5-7,10H,4,8-9,11-15H2,1-3H3/t20-/m1/s1. The maximum atomic E-state index is 13.1. The van der Waals surface area contributed by atoms with E-state index in [1.807, 2.05) is 31.2 Å². The smallest absolute Gasteiger partial charge is 0.227 e. The van der Waals surface area contributed by atoms with Gasteiger partial charge in [0, 0.05) is 51.1 Å². The number of carbonyl (C=O) groups excluding carboxylic acids is 2. The highest BCUT2D eigenvalue weighted by atomic mass is 32.2. The van der Waals surface area contributed by atoms with E-state index in [0.29, 0.717) is 31.9 Å². The summed E-state index contributed by atoms with van der Waals surface area (Å²) in [6.45, 7) is 4.16. The Balaban J connectivity index is 1.83. The quantitative estimate of drug-likeness (QED) is 0.691. The number of amides is 2. The molecule has 0 unspecified atom stereocenters. The van der Waals surface area contributed by atoms with E-state index >= 15 is 0 Å². The van der Waals surface area contributed by atoms with Gasteiger partial charge in [0.1, 0.15) is 5.75 Å². The summed E-state index contributed by atoms with van der Waals surface area (Å²) in [6.07, 6.45) is 1.65. The molecule has 2 aliphatic heterocycles. The third kappa shape index (κ3) is 4.90. The minimum Gasteiger partial charge on any atom is -0.497 e. The lowest BCUT2D eigenvalue weighted by Crippen LogP contribution is -2.45. The van der Waals surface area contributed by atoms with Crippen LogP contribution < -0.4 is 4.74 Å². The molecular weight excluding hydrogens is 394 g/mol. The molecule has 3 rings (SSSR count). The number of carbonyl (C=O) groups is 2. The topological polar surface area (TPSA) is 87.2 Å². The number of ether oxygens (including phenoxy) is 1. The molecule has 0 radical (unpaired) electrons. The number of nitrogens with zero attached hydrogens (tertiary/aromatic N) is 3. The molecule has 2 heterocycles. The molecule has 0 aromatic heterocycles. The molecule has 2 saturated heterocycles. The number of benzene rings is 1. The largest absolute Gasteiger partial charge is 0.497 e. The highest BCUT2D eigenvalue weighted by Gasteiger charge is 2.48. The van der Waals surface area contributed by atoms with Crippen LogP contribution in [-0.4, -0.2) is 87.0 Å². The third-order valence-electron chi connectivity index (χ3n) is 5.76. The molecule has 1 aromatic rings. The van der Waals surface area contributed by atoms with Gasteiger partial charge in [0.15, 0.2) is 0 Å². The predicted octanol–water partition coefficient (Wildman–Crippen LogP) is 0.580. The molecule has 2 aliphatic rings. The van der Waals surface area contributed by atoms with Crippen LogP contribution in [0.4, 0.5) is 0 Å². The first kappa shape index (κ1) is 21.6. The van der Waals surface area contributed by atoms with Crippen molar-refractivity contribution in [3.8, 4) is 5.75 Å². The number of methoxy groups -OCH3 is 1. The second-order valence-electron chi connectivity index (χ2n) is 8.02. The second kappa shape index (κ2) is 8.31. The van der Waals surface area contributed by atoms with Crippen molar-refractivity contribution in [1.29, 1.82) is 0 Å². The van der Waals surface area contributed by atoms with Gasteiger partial charge >= 0.3 is 0 Å². The number of sulfonamides is 1. The monoisotopic (exact) mass is 423 g/mol. The fourth-order valence-electron chi connectivity index (χ4n) is 4.27. The van der Waals surface area contributed by atoms with Crippen LogP contribution in [0.15, 0.2) is 24.3 Å². The van der Waals surface area contributed by atoms with E-state index < -0.39 is 15.4 Å². The molecule has 2 amide bonds. The van der Waals surface area contributed by atoms with Gasteiger partial charge < -0.3 is 14.5 Å². The van der Waals surface area contributed by atoms with Gasteiger partial charge in [0.25, 0.3) is 0 Å². The second-order valence-corrected chi connectivity index (χ2v) is 10.0. The van der Waals surface area contributed by atoms with Gasteiger partial charge in [0.2, 0.25) is 21.8 Å². The van der Waals surface area contributed by atoms with Crippen molar-refractivity contribution in [3.63, 3.8) is 0 Å². The summed E-state index contributed by atoms with van der Waals surface area (Å²) < 4.78 is 31.2. The lowest BCUT2D eigenvalue weighted by molar-refractivity contribution is -0.132. The van der Waals surface area contributed by atoms with E-state index in [2.05, 4.69) is 0 Å². The molecule has 1 aromatic carbocycles. The summed E-state index contributed by atoms with van der Waals surface area (Å²) in [6, 6.07) is 7.36. The normalized spacial score (nSPS) is 23.5. The SMILES string of the molecule is CCN1C[C@]2(CC1=O)CN(C(=O)Cc1cccc(OC)c1)CCN(S(C)(=O)=O)C2. The van der Waals surface area contributed by atoms with Gasteiger partial charge in [-0.15, -0.1) is 0 Å². The number of hydrogen-bond acceptors (Lipinski definition) is 5. The molecule has 0 aliphatic carbocycles. The first-order valence-electron chi connectivity index (χ1n) is 9.79. The Morgan fingerprint density at radius 2 is 1.97 bits per heavy atom. The number of hydrogen-bond donors (Lipinski definition) is 0. The van der Waals surface area contributed by atoms with Crippen LogP contribution in [0, 0.1) is 5.41 Å². The Kier molecular flexibility index (Phi) is 6.19. The number of rotatable bonds is 5. The molecule has 1 atom stereocenters. The van der Waals surface area contributed by atoms with Crippen LogP contribution in [0.2, 0.25) is 0 Å². The van der Waals surface area contributed by atoms with E-state index in [0.717, 1.165) is 5.56 Å². The van der Waals surface area contributed by atoms with Gasteiger partial charge in [-0.25, -0.2) is 8.42 Å². The van der Waals surface area contributed by atoms with Gasteiger partial charge in [-0.05, 0) is 24.6 Å². The van der Waals surface area contributed by atoms with Crippen LogP contribution in [0.3, 0.4) is 0 Å². The van der Waals surface area contributed by atoms with Gasteiger partial charge in [0.05, 0.1) is 19.8 Å². The van der Waals surface area contributed by atoms with Crippen molar-refractivity contribution in [2.24, 2.45) is 5.41 Å². The molecule has 160 valence electrons. The van der Waals surface area contributed by atoms with Crippen molar-refractivity contribution < 1.29 is 22.7 Å². The fourth-order valence-corrected chi connectivity index (χ4v) is 5.19. The minimum atomic E-state index is -3.42. The zero-order valence-electron chi connectivity index (χ0n) is 17.3. The van der Waals surface area contributed by atoms with Gasteiger partial charge in [-0.3, -0.25) is 9.59 Å². The molecule has 8 nitrogen and oxygen atoms in total. The Hall–Kier alpha value is -2.13. The minimum absolute atomic E-state index is 0.0167. The lowest BCUT2D eigenvalue weighted by atomic mass is 9.86. The highest BCUT2D eigenvalue weighted by Crippen LogP contribution is 2.35. The number of likely N-dealkylation sites (tertiary alicyclic amines) is 1. The van der Waals surface area contributed by atoms with Crippen molar-refractivity contribution in [3.05, 3.63) is 29.8 Å². The van der Waals surface area contributed by atoms with E-state index in [-0.39, 0.29) is 37.7 Å². The van der Waals surface area contributed by atoms with Crippen LogP contribution in [0.5, 0.6) is 5.75 Å². The van der Waals surface area contributed by atoms with Crippen molar-refractivity contribution in [2.45, 2.75) is 19.8 Å². The van der Waals surface area contributed by atoms with E-state index in [9.17, 15) is 18.0 Å². The first-order chi connectivity index (χ1) is 13.7. The summed E-state index contributed by atoms with van der Waals surface area (Å²) in [7, 11) is -1.84. The summed E-state index contributed by atoms with van der Waals surface area (Å²) in [5.41, 5.74) is 0.266. The van der Waals surface area contributed by atoms with E-state index in [4.69, 9.17) is 4.74 Å². The molecule has 9 heteroatoms. The Bertz CT molecular complexity index is 888. The molecule has 0 saturated carbocycles. The molecule has 0 bridgehead atoms. The first-order valence-corrected chi connectivity index (χ1v) is 11.6. The zero-order chi connectivity index (χ0) is 21.2. The van der Waals surface area contributed by atoms with Crippen LogP contribution >= 0.6 is 0 Å². The zero-order valence-corrected chi connectivity index (χ0v) is 18.1. The van der Waals surface area contributed by atoms with E-state index in [1.54, 1.807) is 16.9 Å².